The Hall–Kier alpha value is -1.75. The van der Waals surface area contributed by atoms with Gasteiger partial charge in [0, 0.05) is 5.25 Å². The van der Waals surface area contributed by atoms with Gasteiger partial charge in [-0.2, -0.15) is 16.7 Å². The third-order valence-corrected chi connectivity index (χ3v) is 4.43. The molecule has 5 heteroatoms. The highest BCUT2D eigenvalue weighted by molar-refractivity contribution is 7.99. The number of aromatic hydroxyl groups is 1. The van der Waals surface area contributed by atoms with Gasteiger partial charge in [-0.15, -0.1) is 0 Å². The average molecular weight is 290 g/mol. The second-order valence-electron chi connectivity index (χ2n) is 4.61. The SMILES string of the molecule is CCC(C)SCc1nc(O)c(-c2ccccc2)c(=O)[nH]1. The van der Waals surface area contributed by atoms with Crippen molar-refractivity contribution >= 4 is 11.8 Å². The Bertz CT molecular complexity index is 626. The fourth-order valence-corrected chi connectivity index (χ4v) is 2.59. The van der Waals surface area contributed by atoms with Crippen molar-refractivity contribution < 1.29 is 5.11 Å². The summed E-state index contributed by atoms with van der Waals surface area (Å²) in [6, 6.07) is 9.06. The van der Waals surface area contributed by atoms with Crippen LogP contribution >= 0.6 is 11.8 Å². The summed E-state index contributed by atoms with van der Waals surface area (Å²) in [4.78, 5) is 19.0. The van der Waals surface area contributed by atoms with E-state index in [4.69, 9.17) is 0 Å². The van der Waals surface area contributed by atoms with Gasteiger partial charge in [-0.25, -0.2) is 0 Å². The molecule has 0 saturated heterocycles. The lowest BCUT2D eigenvalue weighted by atomic mass is 10.1. The smallest absolute Gasteiger partial charge is 0.262 e. The predicted molar refractivity (Wildman–Crippen MR) is 83.0 cm³/mol. The van der Waals surface area contributed by atoms with Crippen LogP contribution in [0.25, 0.3) is 11.1 Å². The molecule has 0 aliphatic heterocycles. The maximum absolute atomic E-state index is 12.1. The first-order chi connectivity index (χ1) is 9.61. The Morgan fingerprint density at radius 3 is 2.65 bits per heavy atom. The summed E-state index contributed by atoms with van der Waals surface area (Å²) in [5.74, 6) is 0.893. The Balaban J connectivity index is 2.28. The molecule has 0 amide bonds. The van der Waals surface area contributed by atoms with E-state index in [1.807, 2.05) is 18.2 Å². The van der Waals surface area contributed by atoms with E-state index in [1.54, 1.807) is 23.9 Å². The van der Waals surface area contributed by atoms with Gasteiger partial charge in [0.05, 0.1) is 5.75 Å². The molecule has 0 fully saturated rings. The first-order valence-corrected chi connectivity index (χ1v) is 7.66. The number of rotatable bonds is 5. The number of benzene rings is 1. The molecule has 0 aliphatic carbocycles. The summed E-state index contributed by atoms with van der Waals surface area (Å²) in [6.45, 7) is 4.24. The summed E-state index contributed by atoms with van der Waals surface area (Å²) < 4.78 is 0. The largest absolute Gasteiger partial charge is 0.493 e. The van der Waals surface area contributed by atoms with E-state index in [0.717, 1.165) is 6.42 Å². The van der Waals surface area contributed by atoms with Crippen LogP contribution in [0.3, 0.4) is 0 Å². The van der Waals surface area contributed by atoms with E-state index in [9.17, 15) is 9.90 Å². The van der Waals surface area contributed by atoms with Crippen LogP contribution in [0.1, 0.15) is 26.1 Å². The zero-order chi connectivity index (χ0) is 14.5. The van der Waals surface area contributed by atoms with Crippen molar-refractivity contribution in [3.8, 4) is 17.0 Å². The van der Waals surface area contributed by atoms with E-state index in [1.165, 1.54) is 0 Å². The summed E-state index contributed by atoms with van der Waals surface area (Å²) in [5.41, 5.74) is 0.589. The molecule has 0 aliphatic rings. The topological polar surface area (TPSA) is 66.0 Å². The number of nitrogens with one attached hydrogen (secondary N) is 1. The van der Waals surface area contributed by atoms with E-state index in [-0.39, 0.29) is 17.0 Å². The van der Waals surface area contributed by atoms with Crippen molar-refractivity contribution in [2.24, 2.45) is 0 Å². The van der Waals surface area contributed by atoms with Crippen molar-refractivity contribution in [1.29, 1.82) is 0 Å². The summed E-state index contributed by atoms with van der Waals surface area (Å²) in [7, 11) is 0. The highest BCUT2D eigenvalue weighted by Gasteiger charge is 2.13. The third kappa shape index (κ3) is 3.42. The minimum Gasteiger partial charge on any atom is -0.493 e. The Kier molecular flexibility index (Phi) is 4.84. The van der Waals surface area contributed by atoms with Crippen LogP contribution in [-0.4, -0.2) is 20.3 Å². The van der Waals surface area contributed by atoms with Crippen LogP contribution in [0.2, 0.25) is 0 Å². The van der Waals surface area contributed by atoms with E-state index in [2.05, 4.69) is 23.8 Å². The molecular formula is C15H18N2O2S. The molecule has 0 radical (unpaired) electrons. The van der Waals surface area contributed by atoms with Gasteiger partial charge in [-0.3, -0.25) is 4.79 Å². The number of hydrogen-bond donors (Lipinski definition) is 2. The lowest BCUT2D eigenvalue weighted by Gasteiger charge is -2.09. The third-order valence-electron chi connectivity index (χ3n) is 3.09. The van der Waals surface area contributed by atoms with Gasteiger partial charge in [0.1, 0.15) is 11.4 Å². The molecule has 0 spiro atoms. The van der Waals surface area contributed by atoms with Crippen molar-refractivity contribution in [1.82, 2.24) is 9.97 Å². The molecule has 2 rings (SSSR count). The van der Waals surface area contributed by atoms with Gasteiger partial charge in [0.2, 0.25) is 5.88 Å². The van der Waals surface area contributed by atoms with Gasteiger partial charge in [0.15, 0.2) is 0 Å². The van der Waals surface area contributed by atoms with E-state index in [0.29, 0.717) is 22.4 Å². The van der Waals surface area contributed by atoms with Crippen LogP contribution in [-0.2, 0) is 5.75 Å². The molecule has 2 aromatic rings. The fourth-order valence-electron chi connectivity index (χ4n) is 1.78. The Labute approximate surface area is 122 Å². The maximum Gasteiger partial charge on any atom is 0.262 e. The maximum atomic E-state index is 12.1. The van der Waals surface area contributed by atoms with Gasteiger partial charge in [-0.1, -0.05) is 44.2 Å². The van der Waals surface area contributed by atoms with Crippen LogP contribution < -0.4 is 5.56 Å². The Morgan fingerprint density at radius 2 is 2.05 bits per heavy atom. The number of thioether (sulfide) groups is 1. The summed E-state index contributed by atoms with van der Waals surface area (Å²) in [5, 5.41) is 10.5. The van der Waals surface area contributed by atoms with Crippen LogP contribution in [0.5, 0.6) is 5.88 Å². The van der Waals surface area contributed by atoms with Crippen molar-refractivity contribution in [3.05, 3.63) is 46.5 Å². The predicted octanol–water partition coefficient (Wildman–Crippen LogP) is 3.17. The van der Waals surface area contributed by atoms with Crippen LogP contribution in [0, 0.1) is 0 Å². The average Bonchev–Trinajstić information content (AvgIpc) is 2.45. The van der Waals surface area contributed by atoms with Gasteiger partial charge in [0.25, 0.3) is 5.56 Å². The molecular weight excluding hydrogens is 272 g/mol. The second kappa shape index (κ2) is 6.61. The zero-order valence-electron chi connectivity index (χ0n) is 11.6. The highest BCUT2D eigenvalue weighted by atomic mass is 32.2. The zero-order valence-corrected chi connectivity index (χ0v) is 12.4. The number of nitrogens with zero attached hydrogens (tertiary/aromatic N) is 1. The standard InChI is InChI=1S/C15H18N2O2S/c1-3-10(2)20-9-12-16-14(18)13(15(19)17-12)11-7-5-4-6-8-11/h4-8,10H,3,9H2,1-2H3,(H2,16,17,18,19). The molecule has 20 heavy (non-hydrogen) atoms. The Morgan fingerprint density at radius 1 is 1.35 bits per heavy atom. The molecule has 1 atom stereocenters. The normalized spacial score (nSPS) is 12.3. The van der Waals surface area contributed by atoms with Crippen LogP contribution in [0.15, 0.2) is 35.1 Å². The second-order valence-corrected chi connectivity index (χ2v) is 6.03. The number of hydrogen-bond acceptors (Lipinski definition) is 4. The molecule has 2 N–H and O–H groups in total. The van der Waals surface area contributed by atoms with Crippen molar-refractivity contribution in [3.63, 3.8) is 0 Å². The molecule has 1 heterocycles. The quantitative estimate of drug-likeness (QED) is 0.887. The number of aromatic nitrogens is 2. The first-order valence-electron chi connectivity index (χ1n) is 6.61. The highest BCUT2D eigenvalue weighted by Crippen LogP contribution is 2.24. The minimum absolute atomic E-state index is 0.209. The molecule has 1 aromatic heterocycles. The molecule has 1 unspecified atom stereocenters. The van der Waals surface area contributed by atoms with E-state index >= 15 is 0 Å². The fraction of sp³-hybridized carbons (Fsp3) is 0.333. The lowest BCUT2D eigenvalue weighted by Crippen LogP contribution is -2.14. The van der Waals surface area contributed by atoms with Gasteiger partial charge in [-0.05, 0) is 12.0 Å². The minimum atomic E-state index is -0.302. The lowest BCUT2D eigenvalue weighted by molar-refractivity contribution is 0.451. The molecule has 4 nitrogen and oxygen atoms in total. The molecule has 0 bridgehead atoms. The van der Waals surface area contributed by atoms with Gasteiger partial charge >= 0.3 is 0 Å². The first kappa shape index (κ1) is 14.7. The van der Waals surface area contributed by atoms with Gasteiger partial charge < -0.3 is 10.1 Å². The molecule has 1 aromatic carbocycles. The monoisotopic (exact) mass is 290 g/mol. The van der Waals surface area contributed by atoms with Crippen molar-refractivity contribution in [2.45, 2.75) is 31.3 Å². The summed E-state index contributed by atoms with van der Waals surface area (Å²) in [6.07, 6.45) is 1.06. The molecule has 0 saturated carbocycles. The summed E-state index contributed by atoms with van der Waals surface area (Å²) >= 11 is 1.70. The number of H-pyrrole nitrogens is 1. The van der Waals surface area contributed by atoms with E-state index < -0.39 is 0 Å². The van der Waals surface area contributed by atoms with Crippen molar-refractivity contribution in [2.75, 3.05) is 0 Å². The molecule has 106 valence electrons. The number of aromatic amines is 1. The van der Waals surface area contributed by atoms with Crippen LogP contribution in [0.4, 0.5) is 0 Å².